The molecule has 3 aliphatic heterocycles. The zero-order chi connectivity index (χ0) is 25.4. The van der Waals surface area contributed by atoms with E-state index in [1.165, 1.54) is 5.57 Å². The molecule has 0 aromatic carbocycles. The van der Waals surface area contributed by atoms with Crippen molar-refractivity contribution in [2.75, 3.05) is 46.4 Å². The van der Waals surface area contributed by atoms with Crippen LogP contribution >= 0.6 is 0 Å². The Hall–Kier alpha value is -1.48. The first-order chi connectivity index (χ1) is 16.6. The monoisotopic (exact) mass is 492 g/mol. The van der Waals surface area contributed by atoms with Gasteiger partial charge in [-0.25, -0.2) is 4.79 Å². The van der Waals surface area contributed by atoms with Crippen molar-refractivity contribution in [1.29, 1.82) is 0 Å². The number of hydrogen-bond acceptors (Lipinski definition) is 7. The Kier molecular flexibility index (Phi) is 7.96. The van der Waals surface area contributed by atoms with Gasteiger partial charge >= 0.3 is 6.09 Å². The van der Waals surface area contributed by atoms with Gasteiger partial charge in [0.1, 0.15) is 29.2 Å². The quantitative estimate of drug-likeness (QED) is 0.360. The maximum absolute atomic E-state index is 13.1. The minimum absolute atomic E-state index is 0.0254. The van der Waals surface area contributed by atoms with Crippen LogP contribution in [0.3, 0.4) is 0 Å². The first kappa shape index (κ1) is 26.6. The van der Waals surface area contributed by atoms with E-state index in [1.54, 1.807) is 12.0 Å². The summed E-state index contributed by atoms with van der Waals surface area (Å²) in [5.74, 6) is 0.390. The van der Waals surface area contributed by atoms with E-state index in [0.29, 0.717) is 26.1 Å². The first-order valence-corrected chi connectivity index (χ1v) is 13.3. The molecule has 1 amide bonds. The van der Waals surface area contributed by atoms with Gasteiger partial charge in [-0.1, -0.05) is 25.5 Å². The van der Waals surface area contributed by atoms with Gasteiger partial charge in [0.2, 0.25) is 0 Å². The summed E-state index contributed by atoms with van der Waals surface area (Å²) < 4.78 is 24.3. The van der Waals surface area contributed by atoms with E-state index in [4.69, 9.17) is 18.9 Å². The molecule has 0 bridgehead atoms. The number of nitrogens with zero attached hydrogens (tertiary/aromatic N) is 2. The SMILES string of the molecule is CO[C@@H]1[C@H](OC(=O)N2CCN(CCC(=O)C(C)C)CC2)CC[C@]2(CO2)[C@H]1[C@]1(C)O[C@@H]1CC=C(C)C. The second-order valence-electron chi connectivity index (χ2n) is 11.5. The third kappa shape index (κ3) is 5.76. The van der Waals surface area contributed by atoms with Crippen molar-refractivity contribution < 1.29 is 28.5 Å². The summed E-state index contributed by atoms with van der Waals surface area (Å²) in [5.41, 5.74) is 0.718. The maximum Gasteiger partial charge on any atom is 0.410 e. The van der Waals surface area contributed by atoms with Crippen LogP contribution in [0.2, 0.25) is 0 Å². The number of epoxide rings is 2. The fourth-order valence-electron chi connectivity index (χ4n) is 5.99. The summed E-state index contributed by atoms with van der Waals surface area (Å²) in [6.07, 6.45) is 4.51. The van der Waals surface area contributed by atoms with Crippen molar-refractivity contribution in [2.45, 2.75) is 89.8 Å². The number of allylic oxidation sites excluding steroid dienone is 1. The summed E-state index contributed by atoms with van der Waals surface area (Å²) in [6.45, 7) is 14.5. The normalized spacial score (nSPS) is 36.8. The van der Waals surface area contributed by atoms with Crippen molar-refractivity contribution in [1.82, 2.24) is 9.80 Å². The molecule has 3 heterocycles. The van der Waals surface area contributed by atoms with Crippen molar-refractivity contribution in [3.05, 3.63) is 11.6 Å². The Labute approximate surface area is 210 Å². The van der Waals surface area contributed by atoms with E-state index in [1.807, 2.05) is 13.8 Å². The number of amides is 1. The molecular weight excluding hydrogens is 448 g/mol. The minimum atomic E-state index is -0.340. The number of Topliss-reactive ketones (excluding diaryl/α,β-unsaturated/α-hetero) is 1. The molecule has 0 unspecified atom stereocenters. The molecule has 0 N–H and O–H groups in total. The number of piperazine rings is 1. The lowest BCUT2D eigenvalue weighted by Crippen LogP contribution is -2.57. The third-order valence-electron chi connectivity index (χ3n) is 8.44. The highest BCUT2D eigenvalue weighted by Gasteiger charge is 2.72. The molecule has 35 heavy (non-hydrogen) atoms. The van der Waals surface area contributed by atoms with Crippen molar-refractivity contribution in [3.8, 4) is 0 Å². The van der Waals surface area contributed by atoms with Crippen LogP contribution in [-0.4, -0.2) is 97.6 Å². The van der Waals surface area contributed by atoms with Gasteiger partial charge < -0.3 is 23.8 Å². The lowest BCUT2D eigenvalue weighted by molar-refractivity contribution is -0.123. The molecule has 8 heteroatoms. The van der Waals surface area contributed by atoms with Crippen LogP contribution in [0.4, 0.5) is 4.79 Å². The molecule has 1 saturated carbocycles. The third-order valence-corrected chi connectivity index (χ3v) is 8.44. The van der Waals surface area contributed by atoms with Crippen LogP contribution < -0.4 is 0 Å². The van der Waals surface area contributed by atoms with Gasteiger partial charge in [0.05, 0.1) is 18.6 Å². The fraction of sp³-hybridized carbons (Fsp3) is 0.852. The highest BCUT2D eigenvalue weighted by atomic mass is 16.6. The van der Waals surface area contributed by atoms with Gasteiger partial charge in [-0.05, 0) is 40.0 Å². The van der Waals surface area contributed by atoms with E-state index in [2.05, 4.69) is 31.7 Å². The highest BCUT2D eigenvalue weighted by Crippen LogP contribution is 2.59. The molecule has 198 valence electrons. The summed E-state index contributed by atoms with van der Waals surface area (Å²) in [7, 11) is 1.70. The van der Waals surface area contributed by atoms with Crippen molar-refractivity contribution >= 4 is 11.9 Å². The van der Waals surface area contributed by atoms with Crippen LogP contribution in [0.25, 0.3) is 0 Å². The molecule has 0 radical (unpaired) electrons. The number of hydrogen-bond donors (Lipinski definition) is 0. The largest absolute Gasteiger partial charge is 0.443 e. The predicted octanol–water partition coefficient (Wildman–Crippen LogP) is 3.43. The fourth-order valence-corrected chi connectivity index (χ4v) is 5.99. The van der Waals surface area contributed by atoms with Gasteiger partial charge in [-0.15, -0.1) is 0 Å². The average molecular weight is 493 g/mol. The highest BCUT2D eigenvalue weighted by molar-refractivity contribution is 5.80. The van der Waals surface area contributed by atoms with E-state index in [-0.39, 0.29) is 53.2 Å². The van der Waals surface area contributed by atoms with Gasteiger partial charge in [0, 0.05) is 52.2 Å². The van der Waals surface area contributed by atoms with E-state index >= 15 is 0 Å². The summed E-state index contributed by atoms with van der Waals surface area (Å²) >= 11 is 0. The van der Waals surface area contributed by atoms with Crippen LogP contribution in [0.15, 0.2) is 11.6 Å². The molecule has 0 aromatic heterocycles. The summed E-state index contributed by atoms with van der Waals surface area (Å²) in [5, 5.41) is 0. The van der Waals surface area contributed by atoms with Gasteiger partial charge in [-0.3, -0.25) is 9.69 Å². The molecule has 3 saturated heterocycles. The Bertz CT molecular complexity index is 812. The summed E-state index contributed by atoms with van der Waals surface area (Å²) in [4.78, 5) is 29.1. The van der Waals surface area contributed by atoms with Gasteiger partial charge in [0.25, 0.3) is 0 Å². The lowest BCUT2D eigenvalue weighted by Gasteiger charge is -2.43. The van der Waals surface area contributed by atoms with E-state index in [9.17, 15) is 9.59 Å². The number of rotatable bonds is 9. The number of methoxy groups -OCH3 is 1. The zero-order valence-corrected chi connectivity index (χ0v) is 22.4. The Morgan fingerprint density at radius 2 is 1.86 bits per heavy atom. The topological polar surface area (TPSA) is 84.1 Å². The smallest absolute Gasteiger partial charge is 0.410 e. The van der Waals surface area contributed by atoms with Crippen LogP contribution in [-0.2, 0) is 23.7 Å². The molecule has 6 atom stereocenters. The predicted molar refractivity (Wildman–Crippen MR) is 132 cm³/mol. The van der Waals surface area contributed by atoms with Gasteiger partial charge in [-0.2, -0.15) is 0 Å². The molecule has 0 aromatic rings. The number of carbonyl (C=O) groups excluding carboxylic acids is 2. The molecule has 4 rings (SSSR count). The second-order valence-corrected chi connectivity index (χ2v) is 11.5. The molecule has 1 aliphatic carbocycles. The average Bonchev–Trinajstić information content (AvgIpc) is 3.74. The second kappa shape index (κ2) is 10.5. The van der Waals surface area contributed by atoms with Crippen molar-refractivity contribution in [3.63, 3.8) is 0 Å². The minimum Gasteiger partial charge on any atom is -0.443 e. The van der Waals surface area contributed by atoms with Gasteiger partial charge in [0.15, 0.2) is 0 Å². The first-order valence-electron chi connectivity index (χ1n) is 13.3. The van der Waals surface area contributed by atoms with E-state index < -0.39 is 0 Å². The Balaban J connectivity index is 1.33. The standard InChI is InChI=1S/C27H44N2O6/c1-18(2)7-8-22-26(5,35-22)24-23(32-6)21(9-11-27(24)17-33-27)34-25(31)29-15-13-28(14-16-29)12-10-20(30)19(3)4/h7,19,21-24H,8-17H2,1-6H3/t21-,22-,23-,24-,26-,27+/m1/s1. The van der Waals surface area contributed by atoms with E-state index in [0.717, 1.165) is 38.9 Å². The van der Waals surface area contributed by atoms with Crippen LogP contribution in [0.1, 0.15) is 60.3 Å². The number of ketones is 1. The molecule has 8 nitrogen and oxygen atoms in total. The molecule has 4 fully saturated rings. The molecule has 1 spiro atoms. The number of ether oxygens (including phenoxy) is 4. The Morgan fingerprint density at radius 3 is 2.43 bits per heavy atom. The zero-order valence-electron chi connectivity index (χ0n) is 22.4. The molecule has 4 aliphatic rings. The number of carbonyl (C=O) groups is 2. The van der Waals surface area contributed by atoms with Crippen molar-refractivity contribution in [2.24, 2.45) is 11.8 Å². The Morgan fingerprint density at radius 1 is 1.17 bits per heavy atom. The maximum atomic E-state index is 13.1. The lowest BCUT2D eigenvalue weighted by atomic mass is 9.68. The molecular formula is C27H44N2O6. The van der Waals surface area contributed by atoms with Crippen LogP contribution in [0, 0.1) is 11.8 Å². The summed E-state index contributed by atoms with van der Waals surface area (Å²) in [6, 6.07) is 0. The van der Waals surface area contributed by atoms with Crippen LogP contribution in [0.5, 0.6) is 0 Å².